The maximum Gasteiger partial charge on any atom is 0.0547 e. The maximum absolute atomic E-state index is 4.80. The number of nitrogens with zero attached hydrogens (tertiary/aromatic N) is 3. The van der Waals surface area contributed by atoms with E-state index in [0.717, 1.165) is 37.9 Å². The van der Waals surface area contributed by atoms with E-state index < -0.39 is 0 Å². The first-order chi connectivity index (χ1) is 10.1. The lowest BCUT2D eigenvalue weighted by Crippen LogP contribution is -2.39. The predicted molar refractivity (Wildman–Crippen MR) is 88.2 cm³/mol. The molecule has 0 bridgehead atoms. The molecule has 1 aromatic rings. The molecule has 21 heavy (non-hydrogen) atoms. The summed E-state index contributed by atoms with van der Waals surface area (Å²) in [6.07, 6.45) is 2.65. The second-order valence-corrected chi connectivity index (χ2v) is 6.45. The van der Waals surface area contributed by atoms with Crippen molar-refractivity contribution in [2.75, 3.05) is 27.2 Å². The molecule has 4 nitrogen and oxygen atoms in total. The van der Waals surface area contributed by atoms with Crippen LogP contribution in [-0.2, 0) is 13.1 Å². The SMILES string of the molecule is CCN(Cc1cccc(CNC2CC2)n1)C(C)CN(C)C. The Bertz CT molecular complexity index is 429. The van der Waals surface area contributed by atoms with E-state index in [-0.39, 0.29) is 0 Å². The smallest absolute Gasteiger partial charge is 0.0547 e. The summed E-state index contributed by atoms with van der Waals surface area (Å²) in [5.74, 6) is 0. The average Bonchev–Trinajstić information content (AvgIpc) is 3.26. The minimum Gasteiger partial charge on any atom is -0.308 e. The highest BCUT2D eigenvalue weighted by Crippen LogP contribution is 2.19. The van der Waals surface area contributed by atoms with Crippen LogP contribution in [0.4, 0.5) is 0 Å². The molecular weight excluding hydrogens is 260 g/mol. The summed E-state index contributed by atoms with van der Waals surface area (Å²) in [6, 6.07) is 7.68. The van der Waals surface area contributed by atoms with E-state index in [2.05, 4.69) is 61.3 Å². The molecule has 4 heteroatoms. The summed E-state index contributed by atoms with van der Waals surface area (Å²) in [7, 11) is 4.26. The summed E-state index contributed by atoms with van der Waals surface area (Å²) in [4.78, 5) is 9.54. The molecule has 1 aliphatic rings. The number of hydrogen-bond acceptors (Lipinski definition) is 4. The topological polar surface area (TPSA) is 31.4 Å². The monoisotopic (exact) mass is 290 g/mol. The lowest BCUT2D eigenvalue weighted by molar-refractivity contribution is 0.172. The molecule has 0 radical (unpaired) electrons. The quantitative estimate of drug-likeness (QED) is 0.755. The summed E-state index contributed by atoms with van der Waals surface area (Å²) >= 11 is 0. The van der Waals surface area contributed by atoms with Gasteiger partial charge in [-0.25, -0.2) is 0 Å². The van der Waals surface area contributed by atoms with Gasteiger partial charge < -0.3 is 10.2 Å². The van der Waals surface area contributed by atoms with Gasteiger partial charge in [0.05, 0.1) is 11.4 Å². The molecule has 1 atom stereocenters. The minimum absolute atomic E-state index is 0.542. The van der Waals surface area contributed by atoms with Crippen molar-refractivity contribution >= 4 is 0 Å². The molecule has 1 unspecified atom stereocenters. The number of aromatic nitrogens is 1. The molecule has 0 amide bonds. The highest BCUT2D eigenvalue weighted by Gasteiger charge is 2.20. The average molecular weight is 290 g/mol. The fourth-order valence-corrected chi connectivity index (χ4v) is 2.68. The Labute approximate surface area is 129 Å². The van der Waals surface area contributed by atoms with Gasteiger partial charge >= 0.3 is 0 Å². The van der Waals surface area contributed by atoms with Gasteiger partial charge in [-0.2, -0.15) is 0 Å². The highest BCUT2D eigenvalue weighted by atomic mass is 15.2. The van der Waals surface area contributed by atoms with Gasteiger partial charge in [0.25, 0.3) is 0 Å². The van der Waals surface area contributed by atoms with Crippen LogP contribution >= 0.6 is 0 Å². The third kappa shape index (κ3) is 5.73. The third-order valence-electron chi connectivity index (χ3n) is 4.04. The minimum atomic E-state index is 0.542. The summed E-state index contributed by atoms with van der Waals surface area (Å²) in [5.41, 5.74) is 2.34. The molecule has 118 valence electrons. The lowest BCUT2D eigenvalue weighted by atomic mass is 10.2. The van der Waals surface area contributed by atoms with Crippen molar-refractivity contribution in [1.29, 1.82) is 0 Å². The van der Waals surface area contributed by atoms with Crippen molar-refractivity contribution in [3.05, 3.63) is 29.6 Å². The van der Waals surface area contributed by atoms with Crippen molar-refractivity contribution in [3.8, 4) is 0 Å². The summed E-state index contributed by atoms with van der Waals surface area (Å²) < 4.78 is 0. The number of pyridine rings is 1. The van der Waals surface area contributed by atoms with Crippen molar-refractivity contribution < 1.29 is 0 Å². The Balaban J connectivity index is 1.91. The Morgan fingerprint density at radius 3 is 2.62 bits per heavy atom. The molecule has 1 fully saturated rings. The van der Waals surface area contributed by atoms with Crippen LogP contribution in [0.1, 0.15) is 38.1 Å². The molecule has 1 aromatic heterocycles. The zero-order chi connectivity index (χ0) is 15.2. The van der Waals surface area contributed by atoms with E-state index in [1.165, 1.54) is 18.5 Å². The van der Waals surface area contributed by atoms with E-state index >= 15 is 0 Å². The van der Waals surface area contributed by atoms with Crippen LogP contribution in [0.2, 0.25) is 0 Å². The van der Waals surface area contributed by atoms with E-state index in [0.29, 0.717) is 6.04 Å². The second kappa shape index (κ2) is 7.87. The first kappa shape index (κ1) is 16.4. The van der Waals surface area contributed by atoms with Gasteiger partial charge in [-0.15, -0.1) is 0 Å². The molecule has 0 saturated heterocycles. The van der Waals surface area contributed by atoms with Gasteiger partial charge in [-0.05, 0) is 52.5 Å². The maximum atomic E-state index is 4.80. The number of rotatable bonds is 9. The van der Waals surface area contributed by atoms with Gasteiger partial charge in [0.15, 0.2) is 0 Å². The number of nitrogens with one attached hydrogen (secondary N) is 1. The van der Waals surface area contributed by atoms with Crippen LogP contribution in [0.15, 0.2) is 18.2 Å². The Kier molecular flexibility index (Phi) is 6.15. The predicted octanol–water partition coefficient (Wildman–Crippen LogP) is 2.11. The second-order valence-electron chi connectivity index (χ2n) is 6.45. The normalized spacial score (nSPS) is 16.7. The zero-order valence-corrected chi connectivity index (χ0v) is 14.0. The van der Waals surface area contributed by atoms with Gasteiger partial charge in [-0.3, -0.25) is 9.88 Å². The van der Waals surface area contributed by atoms with E-state index in [1.807, 2.05) is 0 Å². The van der Waals surface area contributed by atoms with Crippen LogP contribution in [0.5, 0.6) is 0 Å². The molecule has 0 spiro atoms. The van der Waals surface area contributed by atoms with Crippen molar-refractivity contribution in [3.63, 3.8) is 0 Å². The molecular formula is C17H30N4. The fourth-order valence-electron chi connectivity index (χ4n) is 2.68. The van der Waals surface area contributed by atoms with Gasteiger partial charge in [0, 0.05) is 31.7 Å². The molecule has 1 saturated carbocycles. The zero-order valence-electron chi connectivity index (χ0n) is 14.0. The number of likely N-dealkylation sites (N-methyl/N-ethyl adjacent to an activating group) is 2. The summed E-state index contributed by atoms with van der Waals surface area (Å²) in [5, 5.41) is 3.53. The largest absolute Gasteiger partial charge is 0.308 e. The first-order valence-electron chi connectivity index (χ1n) is 8.15. The Morgan fingerprint density at radius 2 is 2.00 bits per heavy atom. The van der Waals surface area contributed by atoms with Crippen molar-refractivity contribution in [2.45, 2.75) is 51.9 Å². The fraction of sp³-hybridized carbons (Fsp3) is 0.706. The molecule has 2 rings (SSSR count). The Morgan fingerprint density at radius 1 is 1.29 bits per heavy atom. The highest BCUT2D eigenvalue weighted by molar-refractivity contribution is 5.11. The molecule has 0 aromatic carbocycles. The van der Waals surface area contributed by atoms with Gasteiger partial charge in [0.1, 0.15) is 0 Å². The molecule has 1 N–H and O–H groups in total. The lowest BCUT2D eigenvalue weighted by Gasteiger charge is -2.29. The van der Waals surface area contributed by atoms with Crippen LogP contribution in [-0.4, -0.2) is 54.1 Å². The van der Waals surface area contributed by atoms with E-state index in [9.17, 15) is 0 Å². The van der Waals surface area contributed by atoms with Crippen molar-refractivity contribution in [1.82, 2.24) is 20.1 Å². The van der Waals surface area contributed by atoms with Crippen molar-refractivity contribution in [2.24, 2.45) is 0 Å². The molecule has 1 aliphatic carbocycles. The van der Waals surface area contributed by atoms with E-state index in [1.54, 1.807) is 0 Å². The van der Waals surface area contributed by atoms with Crippen LogP contribution in [0.25, 0.3) is 0 Å². The number of hydrogen-bond donors (Lipinski definition) is 1. The molecule has 1 heterocycles. The van der Waals surface area contributed by atoms with E-state index in [4.69, 9.17) is 4.98 Å². The first-order valence-corrected chi connectivity index (χ1v) is 8.15. The molecule has 0 aliphatic heterocycles. The summed E-state index contributed by atoms with van der Waals surface area (Å²) in [6.45, 7) is 8.49. The Hall–Kier alpha value is -0.970. The van der Waals surface area contributed by atoms with Gasteiger partial charge in [0.2, 0.25) is 0 Å². The van der Waals surface area contributed by atoms with Crippen LogP contribution in [0.3, 0.4) is 0 Å². The van der Waals surface area contributed by atoms with Gasteiger partial charge in [-0.1, -0.05) is 13.0 Å². The van der Waals surface area contributed by atoms with Crippen LogP contribution < -0.4 is 5.32 Å². The van der Waals surface area contributed by atoms with Crippen LogP contribution in [0, 0.1) is 0 Å². The third-order valence-corrected chi connectivity index (χ3v) is 4.04. The standard InChI is InChI=1S/C17H30N4/c1-5-21(14(2)12-20(3)4)13-17-8-6-7-16(19-17)11-18-15-9-10-15/h6-8,14-15,18H,5,9-13H2,1-4H3.